The lowest BCUT2D eigenvalue weighted by molar-refractivity contribution is -0.127. The third-order valence-electron chi connectivity index (χ3n) is 4.48. The van der Waals surface area contributed by atoms with Gasteiger partial charge in [0, 0.05) is 13.8 Å². The maximum atomic E-state index is 12.1. The van der Waals surface area contributed by atoms with E-state index in [4.69, 9.17) is 0 Å². The van der Waals surface area contributed by atoms with E-state index in [1.165, 1.54) is 44.9 Å². The van der Waals surface area contributed by atoms with Crippen molar-refractivity contribution in [3.8, 4) is 0 Å². The normalized spacial score (nSPS) is 35.9. The molecular weight excluding hydrogens is 184 g/mol. The number of Topliss-reactive ketones (excluding diaryl/α,β-unsaturated/α-hetero) is 1. The molecule has 3 atom stereocenters. The van der Waals surface area contributed by atoms with Crippen molar-refractivity contribution in [3.05, 3.63) is 0 Å². The van der Waals surface area contributed by atoms with Crippen molar-refractivity contribution in [1.82, 2.24) is 0 Å². The predicted molar refractivity (Wildman–Crippen MR) is 64.8 cm³/mol. The van der Waals surface area contributed by atoms with Gasteiger partial charge in [-0.2, -0.15) is 0 Å². The van der Waals surface area contributed by atoms with Crippen LogP contribution in [0.3, 0.4) is 0 Å². The molecule has 88 valence electrons. The van der Waals surface area contributed by atoms with Crippen molar-refractivity contribution in [2.75, 3.05) is 0 Å². The minimum Gasteiger partial charge on any atom is -0.299 e. The van der Waals surface area contributed by atoms with Gasteiger partial charge in [-0.05, 0) is 31.1 Å². The van der Waals surface area contributed by atoms with Crippen LogP contribution < -0.4 is 0 Å². The maximum absolute atomic E-state index is 12.1. The molecule has 0 aromatic heterocycles. The molecule has 0 heterocycles. The SMILES string of the molecule is CCCC(=O)C1CCCC2CCCCC21.[HH]. The number of ketones is 1. The van der Waals surface area contributed by atoms with Crippen LogP contribution in [0.5, 0.6) is 0 Å². The van der Waals surface area contributed by atoms with Gasteiger partial charge in [0.15, 0.2) is 0 Å². The first kappa shape index (κ1) is 11.2. The van der Waals surface area contributed by atoms with E-state index in [2.05, 4.69) is 6.92 Å². The zero-order valence-electron chi connectivity index (χ0n) is 10.0. The molecule has 0 spiro atoms. The van der Waals surface area contributed by atoms with Crippen molar-refractivity contribution < 1.29 is 6.22 Å². The van der Waals surface area contributed by atoms with Crippen LogP contribution in [0.25, 0.3) is 0 Å². The Morgan fingerprint density at radius 2 is 1.87 bits per heavy atom. The van der Waals surface area contributed by atoms with Crippen LogP contribution in [0.15, 0.2) is 0 Å². The third kappa shape index (κ3) is 2.43. The maximum Gasteiger partial charge on any atom is 0.136 e. The molecule has 0 saturated heterocycles. The average Bonchev–Trinajstić information content (AvgIpc) is 2.28. The van der Waals surface area contributed by atoms with Gasteiger partial charge in [-0.25, -0.2) is 0 Å². The molecule has 2 saturated carbocycles. The highest BCUT2D eigenvalue weighted by atomic mass is 16.1. The van der Waals surface area contributed by atoms with E-state index in [0.29, 0.717) is 11.7 Å². The number of hydrogen-bond donors (Lipinski definition) is 0. The molecule has 0 N–H and O–H groups in total. The van der Waals surface area contributed by atoms with Crippen molar-refractivity contribution in [1.29, 1.82) is 0 Å². The fourth-order valence-corrected chi connectivity index (χ4v) is 3.77. The first-order chi connectivity index (χ1) is 7.33. The van der Waals surface area contributed by atoms with Crippen LogP contribution in [-0.2, 0) is 4.79 Å². The Morgan fingerprint density at radius 1 is 1.13 bits per heavy atom. The molecule has 1 heteroatoms. The van der Waals surface area contributed by atoms with E-state index >= 15 is 0 Å². The Morgan fingerprint density at radius 3 is 2.67 bits per heavy atom. The molecule has 3 unspecified atom stereocenters. The third-order valence-corrected chi connectivity index (χ3v) is 4.48. The number of carbonyl (C=O) groups is 1. The smallest absolute Gasteiger partial charge is 0.136 e. The van der Waals surface area contributed by atoms with E-state index in [-0.39, 0.29) is 1.43 Å². The van der Waals surface area contributed by atoms with E-state index < -0.39 is 0 Å². The van der Waals surface area contributed by atoms with E-state index in [0.717, 1.165) is 24.7 Å². The second kappa shape index (κ2) is 5.14. The molecule has 15 heavy (non-hydrogen) atoms. The summed E-state index contributed by atoms with van der Waals surface area (Å²) < 4.78 is 0. The largest absolute Gasteiger partial charge is 0.299 e. The van der Waals surface area contributed by atoms with E-state index in [1.807, 2.05) is 0 Å². The van der Waals surface area contributed by atoms with Gasteiger partial charge in [0.1, 0.15) is 5.78 Å². The topological polar surface area (TPSA) is 17.1 Å². The lowest BCUT2D eigenvalue weighted by Gasteiger charge is -2.40. The molecular formula is C14H26O. The number of fused-ring (bicyclic) bond motifs is 1. The van der Waals surface area contributed by atoms with Crippen molar-refractivity contribution >= 4 is 5.78 Å². The average molecular weight is 210 g/mol. The number of rotatable bonds is 3. The molecule has 0 radical (unpaired) electrons. The molecule has 0 aliphatic heterocycles. The molecule has 0 aromatic rings. The monoisotopic (exact) mass is 210 g/mol. The van der Waals surface area contributed by atoms with Crippen LogP contribution >= 0.6 is 0 Å². The summed E-state index contributed by atoms with van der Waals surface area (Å²) >= 11 is 0. The van der Waals surface area contributed by atoms with Gasteiger partial charge in [-0.15, -0.1) is 0 Å². The van der Waals surface area contributed by atoms with Gasteiger partial charge in [-0.1, -0.05) is 39.0 Å². The molecule has 2 fully saturated rings. The number of carbonyl (C=O) groups excluding carboxylic acids is 1. The van der Waals surface area contributed by atoms with Crippen LogP contribution in [-0.4, -0.2) is 5.78 Å². The highest BCUT2D eigenvalue weighted by Gasteiger charge is 2.37. The second-order valence-corrected chi connectivity index (χ2v) is 5.46. The van der Waals surface area contributed by atoms with Crippen molar-refractivity contribution in [3.63, 3.8) is 0 Å². The fraction of sp³-hybridized carbons (Fsp3) is 0.929. The van der Waals surface area contributed by atoms with Crippen LogP contribution in [0.4, 0.5) is 0 Å². The summed E-state index contributed by atoms with van der Waals surface area (Å²) in [5.41, 5.74) is 0. The Balaban J connectivity index is 0.00000128. The Hall–Kier alpha value is -0.330. The van der Waals surface area contributed by atoms with Crippen LogP contribution in [0.2, 0.25) is 0 Å². The zero-order valence-corrected chi connectivity index (χ0v) is 10.0. The van der Waals surface area contributed by atoms with Gasteiger partial charge in [0.2, 0.25) is 0 Å². The minimum absolute atomic E-state index is 0. The Kier molecular flexibility index (Phi) is 3.82. The first-order valence-electron chi connectivity index (χ1n) is 6.85. The molecule has 2 aliphatic carbocycles. The summed E-state index contributed by atoms with van der Waals surface area (Å²) in [5.74, 6) is 2.70. The summed E-state index contributed by atoms with van der Waals surface area (Å²) in [5, 5.41) is 0. The highest BCUT2D eigenvalue weighted by Crippen LogP contribution is 2.44. The van der Waals surface area contributed by atoms with Crippen molar-refractivity contribution in [2.45, 2.75) is 64.7 Å². The van der Waals surface area contributed by atoms with E-state index in [9.17, 15) is 4.79 Å². The Labute approximate surface area is 95.1 Å². The number of hydrogen-bond acceptors (Lipinski definition) is 1. The summed E-state index contributed by atoms with van der Waals surface area (Å²) in [6, 6.07) is 0. The molecule has 2 rings (SSSR count). The first-order valence-corrected chi connectivity index (χ1v) is 6.85. The quantitative estimate of drug-likeness (QED) is 0.682. The van der Waals surface area contributed by atoms with Gasteiger partial charge in [0.05, 0.1) is 0 Å². The summed E-state index contributed by atoms with van der Waals surface area (Å²) in [7, 11) is 0. The standard InChI is InChI=1S/C14H24O.H2/c1-2-6-14(15)13-10-5-8-11-7-3-4-9-12(11)13;/h11-13H,2-10H2,1H3;1H. The highest BCUT2D eigenvalue weighted by molar-refractivity contribution is 5.81. The summed E-state index contributed by atoms with van der Waals surface area (Å²) in [6.45, 7) is 2.12. The summed E-state index contributed by atoms with van der Waals surface area (Å²) in [4.78, 5) is 12.1. The fourth-order valence-electron chi connectivity index (χ4n) is 3.77. The van der Waals surface area contributed by atoms with Gasteiger partial charge < -0.3 is 0 Å². The zero-order chi connectivity index (χ0) is 10.7. The second-order valence-electron chi connectivity index (χ2n) is 5.46. The van der Waals surface area contributed by atoms with Gasteiger partial charge in [-0.3, -0.25) is 4.79 Å². The van der Waals surface area contributed by atoms with Gasteiger partial charge in [0.25, 0.3) is 0 Å². The molecule has 1 nitrogen and oxygen atoms in total. The molecule has 0 bridgehead atoms. The predicted octanol–water partition coefficient (Wildman–Crippen LogP) is 4.21. The molecule has 2 aliphatic rings. The minimum atomic E-state index is 0. The summed E-state index contributed by atoms with van der Waals surface area (Å²) in [6.07, 6.45) is 11.3. The van der Waals surface area contributed by atoms with Crippen LogP contribution in [0.1, 0.15) is 66.1 Å². The Bertz CT molecular complexity index is 225. The molecule has 0 amide bonds. The lowest BCUT2D eigenvalue weighted by Crippen LogP contribution is -2.35. The van der Waals surface area contributed by atoms with E-state index in [1.54, 1.807) is 0 Å². The van der Waals surface area contributed by atoms with Gasteiger partial charge >= 0.3 is 0 Å². The van der Waals surface area contributed by atoms with Crippen molar-refractivity contribution in [2.24, 2.45) is 17.8 Å². The lowest BCUT2D eigenvalue weighted by atomic mass is 9.64. The van der Waals surface area contributed by atoms with Crippen LogP contribution in [0, 0.1) is 17.8 Å². The molecule has 0 aromatic carbocycles.